The van der Waals surface area contributed by atoms with E-state index < -0.39 is 23.5 Å². The average Bonchev–Trinajstić information content (AvgIpc) is 3.26. The largest absolute Gasteiger partial charge is 0.444 e. The van der Waals surface area contributed by atoms with Crippen molar-refractivity contribution in [3.8, 4) is 6.07 Å². The summed E-state index contributed by atoms with van der Waals surface area (Å²) in [4.78, 5) is 44.3. The number of fused-ring (bicyclic) bond motifs is 1. The van der Waals surface area contributed by atoms with E-state index >= 15 is 0 Å². The summed E-state index contributed by atoms with van der Waals surface area (Å²) in [5, 5.41) is 9.63. The fraction of sp³-hybridized carbons (Fsp3) is 0.391. The summed E-state index contributed by atoms with van der Waals surface area (Å²) in [6, 6.07) is 8.69. The van der Waals surface area contributed by atoms with Crippen molar-refractivity contribution < 1.29 is 19.1 Å². The number of H-pyrrole nitrogens is 1. The second-order valence-corrected chi connectivity index (χ2v) is 8.84. The molecule has 1 N–H and O–H groups in total. The first kappa shape index (κ1) is 20.7. The van der Waals surface area contributed by atoms with E-state index in [1.165, 1.54) is 0 Å². The Balaban J connectivity index is 1.67. The molecule has 1 unspecified atom stereocenters. The number of anilines is 1. The number of nitriles is 1. The van der Waals surface area contributed by atoms with Crippen LogP contribution >= 0.6 is 0 Å². The number of aromatic amines is 1. The van der Waals surface area contributed by atoms with Crippen molar-refractivity contribution >= 4 is 23.6 Å². The standard InChI is InChI=1S/C23H24N4O4/c1-23(2,3)31-22(30)26-10-6-7-14(13-26)17-12-25-18(11-24)19(17)27-20(28)15-8-4-5-9-16(15)21(27)29/h4-5,8-9,12,14,25H,6-7,10,13H2,1-3H3. The molecule has 0 saturated carbocycles. The zero-order chi connectivity index (χ0) is 22.3. The van der Waals surface area contributed by atoms with Crippen molar-refractivity contribution in [2.75, 3.05) is 18.0 Å². The van der Waals surface area contributed by atoms with Crippen molar-refractivity contribution in [2.45, 2.75) is 45.1 Å². The maximum atomic E-state index is 13.0. The van der Waals surface area contributed by atoms with Crippen LogP contribution in [0.4, 0.5) is 10.5 Å². The summed E-state index contributed by atoms with van der Waals surface area (Å²) in [7, 11) is 0. The van der Waals surface area contributed by atoms with Gasteiger partial charge in [-0.2, -0.15) is 5.26 Å². The number of hydrogen-bond donors (Lipinski definition) is 1. The molecule has 1 aromatic carbocycles. The van der Waals surface area contributed by atoms with Crippen molar-refractivity contribution in [3.63, 3.8) is 0 Å². The van der Waals surface area contributed by atoms with E-state index in [9.17, 15) is 19.6 Å². The number of aromatic nitrogens is 1. The number of hydrogen-bond acceptors (Lipinski definition) is 5. The molecule has 8 heteroatoms. The van der Waals surface area contributed by atoms with Crippen LogP contribution < -0.4 is 4.90 Å². The predicted molar refractivity (Wildman–Crippen MR) is 113 cm³/mol. The molecule has 1 atom stereocenters. The van der Waals surface area contributed by atoms with Crippen LogP contribution in [0.15, 0.2) is 30.5 Å². The molecule has 3 amide bonds. The molecule has 160 valence electrons. The van der Waals surface area contributed by atoms with Crippen LogP contribution in [0, 0.1) is 11.3 Å². The molecular formula is C23H24N4O4. The Morgan fingerprint density at radius 2 is 1.84 bits per heavy atom. The molecule has 1 aromatic heterocycles. The minimum Gasteiger partial charge on any atom is -0.444 e. The van der Waals surface area contributed by atoms with Crippen LogP contribution in [-0.2, 0) is 4.74 Å². The number of nitrogens with one attached hydrogen (secondary N) is 1. The highest BCUT2D eigenvalue weighted by Gasteiger charge is 2.41. The number of carbonyl (C=O) groups is 3. The minimum absolute atomic E-state index is 0.140. The van der Waals surface area contributed by atoms with E-state index in [0.29, 0.717) is 29.8 Å². The lowest BCUT2D eigenvalue weighted by Crippen LogP contribution is -2.42. The van der Waals surface area contributed by atoms with Crippen LogP contribution in [0.1, 0.15) is 71.5 Å². The normalized spacial score (nSPS) is 18.7. The van der Waals surface area contributed by atoms with Gasteiger partial charge in [0, 0.05) is 30.8 Å². The molecule has 4 rings (SSSR count). The number of benzene rings is 1. The second kappa shape index (κ2) is 7.58. The summed E-state index contributed by atoms with van der Waals surface area (Å²) in [6.07, 6.45) is 2.78. The summed E-state index contributed by atoms with van der Waals surface area (Å²) in [5.74, 6) is -1.03. The first-order valence-electron chi connectivity index (χ1n) is 10.3. The molecule has 0 radical (unpaired) electrons. The number of nitrogens with zero attached hydrogens (tertiary/aromatic N) is 3. The van der Waals surface area contributed by atoms with E-state index in [4.69, 9.17) is 4.74 Å². The Morgan fingerprint density at radius 1 is 1.19 bits per heavy atom. The van der Waals surface area contributed by atoms with Gasteiger partial charge in [-0.25, -0.2) is 9.69 Å². The van der Waals surface area contributed by atoms with Crippen molar-refractivity contribution in [3.05, 3.63) is 52.8 Å². The zero-order valence-corrected chi connectivity index (χ0v) is 17.8. The number of carbonyl (C=O) groups excluding carboxylic acids is 3. The Kier molecular flexibility index (Phi) is 5.05. The fourth-order valence-electron chi connectivity index (χ4n) is 4.18. The lowest BCUT2D eigenvalue weighted by molar-refractivity contribution is 0.0198. The topological polar surface area (TPSA) is 106 Å². The summed E-state index contributed by atoms with van der Waals surface area (Å²) >= 11 is 0. The van der Waals surface area contributed by atoms with Gasteiger partial charge in [0.05, 0.1) is 16.8 Å². The number of imide groups is 1. The number of likely N-dealkylation sites (tertiary alicyclic amines) is 1. The molecule has 2 aliphatic rings. The Morgan fingerprint density at radius 3 is 2.42 bits per heavy atom. The molecule has 8 nitrogen and oxygen atoms in total. The van der Waals surface area contributed by atoms with E-state index in [-0.39, 0.29) is 17.3 Å². The zero-order valence-electron chi connectivity index (χ0n) is 17.8. The number of rotatable bonds is 2. The average molecular weight is 420 g/mol. The molecule has 2 aromatic rings. The first-order valence-corrected chi connectivity index (χ1v) is 10.3. The van der Waals surface area contributed by atoms with Gasteiger partial charge >= 0.3 is 6.09 Å². The predicted octanol–water partition coefficient (Wildman–Crippen LogP) is 3.80. The summed E-state index contributed by atoms with van der Waals surface area (Å²) < 4.78 is 5.50. The molecule has 1 saturated heterocycles. The highest BCUT2D eigenvalue weighted by Crippen LogP contribution is 2.39. The molecular weight excluding hydrogens is 396 g/mol. The Hall–Kier alpha value is -3.60. The molecule has 0 bridgehead atoms. The minimum atomic E-state index is -0.600. The van der Waals surface area contributed by atoms with Gasteiger partial charge in [0.15, 0.2) is 0 Å². The molecule has 2 aliphatic heterocycles. The number of amides is 3. The van der Waals surface area contributed by atoms with Crippen molar-refractivity contribution in [1.29, 1.82) is 5.26 Å². The van der Waals surface area contributed by atoms with Gasteiger partial charge < -0.3 is 14.6 Å². The third kappa shape index (κ3) is 3.67. The summed E-state index contributed by atoms with van der Waals surface area (Å²) in [6.45, 7) is 6.41. The summed E-state index contributed by atoms with van der Waals surface area (Å²) in [5.41, 5.74) is 1.16. The second-order valence-electron chi connectivity index (χ2n) is 8.84. The van der Waals surface area contributed by atoms with Gasteiger partial charge in [-0.15, -0.1) is 0 Å². The van der Waals surface area contributed by atoms with Gasteiger partial charge in [-0.1, -0.05) is 12.1 Å². The van der Waals surface area contributed by atoms with E-state index in [0.717, 1.165) is 17.7 Å². The van der Waals surface area contributed by atoms with Crippen molar-refractivity contribution in [2.24, 2.45) is 0 Å². The molecule has 0 aliphatic carbocycles. The lowest BCUT2D eigenvalue weighted by atomic mass is 9.91. The number of ether oxygens (including phenoxy) is 1. The Bertz CT molecular complexity index is 1070. The smallest absolute Gasteiger partial charge is 0.410 e. The van der Waals surface area contributed by atoms with Crippen LogP contribution in [0.2, 0.25) is 0 Å². The van der Waals surface area contributed by atoms with Gasteiger partial charge in [0.2, 0.25) is 0 Å². The monoisotopic (exact) mass is 420 g/mol. The maximum Gasteiger partial charge on any atom is 0.410 e. The van der Waals surface area contributed by atoms with Crippen LogP contribution in [-0.4, -0.2) is 46.5 Å². The van der Waals surface area contributed by atoms with E-state index in [1.54, 1.807) is 35.4 Å². The van der Waals surface area contributed by atoms with Gasteiger partial charge in [-0.05, 0) is 45.7 Å². The molecule has 1 fully saturated rings. The molecule has 31 heavy (non-hydrogen) atoms. The van der Waals surface area contributed by atoms with Gasteiger partial charge in [0.1, 0.15) is 17.4 Å². The maximum absolute atomic E-state index is 13.0. The van der Waals surface area contributed by atoms with Gasteiger partial charge in [-0.3, -0.25) is 9.59 Å². The SMILES string of the molecule is CC(C)(C)OC(=O)N1CCCC(c2c[nH]c(C#N)c2N2C(=O)c3ccccc3C2=O)C1. The van der Waals surface area contributed by atoms with Gasteiger partial charge in [0.25, 0.3) is 11.8 Å². The highest BCUT2D eigenvalue weighted by molar-refractivity contribution is 6.35. The highest BCUT2D eigenvalue weighted by atomic mass is 16.6. The van der Waals surface area contributed by atoms with Crippen LogP contribution in [0.5, 0.6) is 0 Å². The van der Waals surface area contributed by atoms with Crippen molar-refractivity contribution in [1.82, 2.24) is 9.88 Å². The third-order valence-electron chi connectivity index (χ3n) is 5.52. The van der Waals surface area contributed by atoms with Crippen LogP contribution in [0.3, 0.4) is 0 Å². The van der Waals surface area contributed by atoms with Crippen LogP contribution in [0.25, 0.3) is 0 Å². The Labute approximate surface area is 180 Å². The third-order valence-corrected chi connectivity index (χ3v) is 5.52. The molecule has 0 spiro atoms. The fourth-order valence-corrected chi connectivity index (χ4v) is 4.18. The first-order chi connectivity index (χ1) is 14.7. The van der Waals surface area contributed by atoms with E-state index in [2.05, 4.69) is 11.1 Å². The quantitative estimate of drug-likeness (QED) is 0.744. The number of piperidine rings is 1. The molecule has 3 heterocycles. The lowest BCUT2D eigenvalue weighted by Gasteiger charge is -2.34. The van der Waals surface area contributed by atoms with E-state index in [1.807, 2.05) is 20.8 Å².